The van der Waals surface area contributed by atoms with Crippen LogP contribution in [0, 0.1) is 11.3 Å². The van der Waals surface area contributed by atoms with Crippen molar-refractivity contribution in [1.82, 2.24) is 5.32 Å². The van der Waals surface area contributed by atoms with Crippen LogP contribution in [0.5, 0.6) is 0 Å². The molecule has 1 N–H and O–H groups in total. The lowest BCUT2D eigenvalue weighted by molar-refractivity contribution is 0.919. The Hall–Kier alpha value is -1.56. The third-order valence-corrected chi connectivity index (χ3v) is 1.85. The molecule has 0 spiro atoms. The van der Waals surface area contributed by atoms with Crippen molar-refractivity contribution in [2.75, 3.05) is 6.54 Å². The molecule has 0 saturated heterocycles. The van der Waals surface area contributed by atoms with Crippen LogP contribution in [-0.4, -0.2) is 12.4 Å². The van der Waals surface area contributed by atoms with E-state index in [9.17, 15) is 0 Å². The van der Waals surface area contributed by atoms with Crippen LogP contribution in [0.2, 0.25) is 0 Å². The van der Waals surface area contributed by atoms with Gasteiger partial charge in [-0.1, -0.05) is 13.5 Å². The van der Waals surface area contributed by atoms with Gasteiger partial charge < -0.3 is 5.32 Å². The van der Waals surface area contributed by atoms with Crippen LogP contribution in [0.1, 0.15) is 19.8 Å². The molecule has 0 atom stereocenters. The van der Waals surface area contributed by atoms with E-state index in [2.05, 4.69) is 23.0 Å². The number of rotatable bonds is 2. The van der Waals surface area contributed by atoms with E-state index in [1.54, 1.807) is 6.08 Å². The summed E-state index contributed by atoms with van der Waals surface area (Å²) in [4.78, 5) is 4.23. The first-order valence-electron chi connectivity index (χ1n) is 4.36. The summed E-state index contributed by atoms with van der Waals surface area (Å²) in [5, 5.41) is 11.7. The van der Waals surface area contributed by atoms with Gasteiger partial charge in [-0.2, -0.15) is 5.26 Å². The van der Waals surface area contributed by atoms with Crippen molar-refractivity contribution in [2.45, 2.75) is 19.8 Å². The zero-order chi connectivity index (χ0) is 9.68. The fraction of sp³-hybridized carbons (Fsp3) is 0.400. The largest absolute Gasteiger partial charge is 0.345 e. The first-order valence-corrected chi connectivity index (χ1v) is 4.36. The number of nitrogens with one attached hydrogen (secondary N) is 1. The Bertz CT molecular complexity index is 305. The van der Waals surface area contributed by atoms with Crippen molar-refractivity contribution in [3.63, 3.8) is 0 Å². The highest BCUT2D eigenvalue weighted by molar-refractivity contribution is 5.95. The predicted octanol–water partition coefficient (Wildman–Crippen LogP) is 1.75. The van der Waals surface area contributed by atoms with E-state index in [1.165, 1.54) is 0 Å². The Morgan fingerprint density at radius 1 is 1.85 bits per heavy atom. The van der Waals surface area contributed by atoms with E-state index >= 15 is 0 Å². The van der Waals surface area contributed by atoms with Crippen LogP contribution in [0.4, 0.5) is 0 Å². The van der Waals surface area contributed by atoms with Gasteiger partial charge in [0.05, 0.1) is 6.07 Å². The second-order valence-corrected chi connectivity index (χ2v) is 2.88. The van der Waals surface area contributed by atoms with Gasteiger partial charge in [-0.15, -0.1) is 0 Å². The van der Waals surface area contributed by atoms with Gasteiger partial charge in [0.25, 0.3) is 0 Å². The molecule has 0 aromatic heterocycles. The summed E-state index contributed by atoms with van der Waals surface area (Å²) in [6.45, 7) is 6.53. The van der Waals surface area contributed by atoms with E-state index in [0.717, 1.165) is 29.9 Å². The molecule has 0 aromatic rings. The van der Waals surface area contributed by atoms with E-state index in [4.69, 9.17) is 5.26 Å². The lowest BCUT2D eigenvalue weighted by Crippen LogP contribution is -2.22. The first-order chi connectivity index (χ1) is 6.26. The number of nitrogens with zero attached hydrogens (tertiary/aromatic N) is 2. The van der Waals surface area contributed by atoms with Crippen molar-refractivity contribution in [2.24, 2.45) is 4.99 Å². The third kappa shape index (κ3) is 2.75. The van der Waals surface area contributed by atoms with E-state index in [0.29, 0.717) is 6.54 Å². The predicted molar refractivity (Wildman–Crippen MR) is 53.2 cm³/mol. The zero-order valence-corrected chi connectivity index (χ0v) is 7.80. The van der Waals surface area contributed by atoms with Gasteiger partial charge in [0.1, 0.15) is 5.84 Å². The van der Waals surface area contributed by atoms with Gasteiger partial charge in [-0.25, -0.2) is 0 Å². The molecule has 0 unspecified atom stereocenters. The topological polar surface area (TPSA) is 48.2 Å². The van der Waals surface area contributed by atoms with Crippen LogP contribution < -0.4 is 5.32 Å². The molecular weight excluding hydrogens is 162 g/mol. The summed E-state index contributed by atoms with van der Waals surface area (Å²) < 4.78 is 0. The highest BCUT2D eigenvalue weighted by Gasteiger charge is 2.05. The Morgan fingerprint density at radius 2 is 2.62 bits per heavy atom. The summed E-state index contributed by atoms with van der Waals surface area (Å²) >= 11 is 0. The fourth-order valence-electron chi connectivity index (χ4n) is 1.01. The van der Waals surface area contributed by atoms with Gasteiger partial charge in [0, 0.05) is 24.2 Å². The highest BCUT2D eigenvalue weighted by Crippen LogP contribution is 2.06. The average Bonchev–Trinajstić information content (AvgIpc) is 2.18. The van der Waals surface area contributed by atoms with Gasteiger partial charge in [-0.3, -0.25) is 4.99 Å². The maximum atomic E-state index is 8.68. The smallest absolute Gasteiger partial charge is 0.126 e. The van der Waals surface area contributed by atoms with Crippen LogP contribution in [-0.2, 0) is 0 Å². The molecule has 0 bridgehead atoms. The number of nitriles is 1. The molecule has 68 valence electrons. The van der Waals surface area contributed by atoms with E-state index < -0.39 is 0 Å². The van der Waals surface area contributed by atoms with E-state index in [1.807, 2.05) is 6.92 Å². The Balaban J connectivity index is 2.62. The second-order valence-electron chi connectivity index (χ2n) is 2.88. The van der Waals surface area contributed by atoms with Gasteiger partial charge in [0.15, 0.2) is 0 Å². The first kappa shape index (κ1) is 9.53. The van der Waals surface area contributed by atoms with Crippen molar-refractivity contribution in [3.8, 4) is 6.07 Å². The minimum Gasteiger partial charge on any atom is -0.345 e. The molecule has 0 fully saturated rings. The maximum absolute atomic E-state index is 8.68. The molecule has 0 aliphatic carbocycles. The summed E-state index contributed by atoms with van der Waals surface area (Å²) in [7, 11) is 0. The van der Waals surface area contributed by atoms with Crippen molar-refractivity contribution < 1.29 is 0 Å². The van der Waals surface area contributed by atoms with Crippen molar-refractivity contribution in [3.05, 3.63) is 23.9 Å². The molecule has 3 heteroatoms. The monoisotopic (exact) mass is 175 g/mol. The van der Waals surface area contributed by atoms with Gasteiger partial charge in [0.2, 0.25) is 0 Å². The summed E-state index contributed by atoms with van der Waals surface area (Å²) in [6.07, 6.45) is 3.40. The molecule has 0 saturated carbocycles. The van der Waals surface area contributed by atoms with Crippen LogP contribution in [0.25, 0.3) is 0 Å². The number of dihydropyridines is 1. The minimum absolute atomic E-state index is 0.693. The molecule has 0 amide bonds. The van der Waals surface area contributed by atoms with Crippen molar-refractivity contribution >= 4 is 5.84 Å². The number of allylic oxidation sites excluding steroid dienone is 1. The molecule has 3 nitrogen and oxygen atoms in total. The molecule has 1 rings (SSSR count). The average molecular weight is 175 g/mol. The number of aliphatic imine (C=N–C) groups is 1. The molecule has 0 radical (unpaired) electrons. The van der Waals surface area contributed by atoms with Crippen LogP contribution >= 0.6 is 0 Å². The summed E-state index contributed by atoms with van der Waals surface area (Å²) in [5.41, 5.74) is 1.70. The summed E-state index contributed by atoms with van der Waals surface area (Å²) in [5.74, 6) is 0.759. The van der Waals surface area contributed by atoms with Gasteiger partial charge in [-0.05, 0) is 12.5 Å². The molecule has 0 aromatic carbocycles. The quantitative estimate of drug-likeness (QED) is 0.695. The standard InChI is InChI=1S/C10H13N3/c1-3-8(2)13-10-6-9(7-11)4-5-12-10/h6H,2-5H2,1H3,(H,12,13). The Labute approximate surface area is 78.5 Å². The number of amidine groups is 1. The molecule has 1 aliphatic rings. The van der Waals surface area contributed by atoms with Crippen molar-refractivity contribution in [1.29, 1.82) is 5.26 Å². The highest BCUT2D eigenvalue weighted by atomic mass is 15.0. The van der Waals surface area contributed by atoms with Crippen LogP contribution in [0.3, 0.4) is 0 Å². The minimum atomic E-state index is 0.693. The fourth-order valence-corrected chi connectivity index (χ4v) is 1.01. The third-order valence-electron chi connectivity index (χ3n) is 1.85. The molecule has 1 heterocycles. The molecular formula is C10H13N3. The normalized spacial score (nSPS) is 15.4. The summed E-state index contributed by atoms with van der Waals surface area (Å²) in [6, 6.07) is 2.14. The lowest BCUT2D eigenvalue weighted by Gasteiger charge is -2.11. The second kappa shape index (κ2) is 4.46. The van der Waals surface area contributed by atoms with Gasteiger partial charge >= 0.3 is 0 Å². The lowest BCUT2D eigenvalue weighted by atomic mass is 10.1. The Morgan fingerprint density at radius 3 is 3.23 bits per heavy atom. The SMILES string of the molecule is C=C(CC)NC1=NCCC(C#N)=C1. The van der Waals surface area contributed by atoms with E-state index in [-0.39, 0.29) is 0 Å². The zero-order valence-electron chi connectivity index (χ0n) is 7.80. The maximum Gasteiger partial charge on any atom is 0.126 e. The number of hydrogen-bond acceptors (Lipinski definition) is 3. The number of hydrogen-bond donors (Lipinski definition) is 1. The molecule has 1 aliphatic heterocycles. The molecule has 13 heavy (non-hydrogen) atoms. The van der Waals surface area contributed by atoms with Crippen LogP contribution in [0.15, 0.2) is 28.9 Å². The Kier molecular flexibility index (Phi) is 3.27.